The van der Waals surface area contributed by atoms with Crippen molar-refractivity contribution in [3.05, 3.63) is 60.2 Å². The predicted octanol–water partition coefficient (Wildman–Crippen LogP) is 2.38. The van der Waals surface area contributed by atoms with Crippen molar-refractivity contribution in [1.82, 2.24) is 19.9 Å². The fourth-order valence-corrected chi connectivity index (χ4v) is 2.85. The molecular formula is C18H18N4O3. The number of hydrogen-bond donors (Lipinski definition) is 0. The van der Waals surface area contributed by atoms with Crippen molar-refractivity contribution in [1.29, 1.82) is 0 Å². The molecule has 128 valence electrons. The highest BCUT2D eigenvalue weighted by molar-refractivity contribution is 5.92. The molecule has 0 aliphatic carbocycles. The lowest BCUT2D eigenvalue weighted by Crippen LogP contribution is -2.50. The van der Waals surface area contributed by atoms with Gasteiger partial charge in [0.05, 0.1) is 12.2 Å². The number of nitrogens with zero attached hydrogens (tertiary/aromatic N) is 4. The normalized spacial score (nSPS) is 14.5. The van der Waals surface area contributed by atoms with Gasteiger partial charge in [-0.2, -0.15) is 0 Å². The quantitative estimate of drug-likeness (QED) is 0.714. The number of likely N-dealkylation sites (tertiary alicyclic amines) is 1. The molecule has 1 fully saturated rings. The van der Waals surface area contributed by atoms with Crippen molar-refractivity contribution in [2.75, 3.05) is 20.2 Å². The van der Waals surface area contributed by atoms with Gasteiger partial charge >= 0.3 is 0 Å². The van der Waals surface area contributed by atoms with Gasteiger partial charge < -0.3 is 14.1 Å². The Hall–Kier alpha value is -2.93. The number of carbonyl (C=O) groups is 1. The van der Waals surface area contributed by atoms with E-state index in [1.165, 1.54) is 0 Å². The van der Waals surface area contributed by atoms with Crippen LogP contribution in [0.4, 0.5) is 0 Å². The Morgan fingerprint density at radius 1 is 1.24 bits per heavy atom. The zero-order valence-electron chi connectivity index (χ0n) is 13.8. The van der Waals surface area contributed by atoms with Crippen LogP contribution in [0.2, 0.25) is 0 Å². The van der Waals surface area contributed by atoms with Crippen LogP contribution in [0.3, 0.4) is 0 Å². The minimum absolute atomic E-state index is 0.109. The van der Waals surface area contributed by atoms with E-state index in [0.29, 0.717) is 31.2 Å². The van der Waals surface area contributed by atoms with Crippen LogP contribution in [0.1, 0.15) is 22.4 Å². The molecule has 0 bridgehead atoms. The van der Waals surface area contributed by atoms with Crippen molar-refractivity contribution in [3.63, 3.8) is 0 Å². The first-order chi connectivity index (χ1) is 12.2. The first-order valence-electron chi connectivity index (χ1n) is 8.09. The van der Waals surface area contributed by atoms with Gasteiger partial charge in [-0.3, -0.25) is 4.79 Å². The van der Waals surface area contributed by atoms with Crippen molar-refractivity contribution in [3.8, 4) is 11.3 Å². The molecule has 0 N–H and O–H groups in total. The van der Waals surface area contributed by atoms with Gasteiger partial charge in [0.2, 0.25) is 0 Å². The topological polar surface area (TPSA) is 73.4 Å². The first kappa shape index (κ1) is 15.6. The lowest BCUT2D eigenvalue weighted by molar-refractivity contribution is 0.0461. The van der Waals surface area contributed by atoms with Crippen LogP contribution in [0, 0.1) is 0 Å². The number of ether oxygens (including phenoxy) is 1. The van der Waals surface area contributed by atoms with Crippen molar-refractivity contribution >= 4 is 5.91 Å². The fraction of sp³-hybridized carbons (Fsp3) is 0.278. The minimum atomic E-state index is -0.109. The Morgan fingerprint density at radius 2 is 2.04 bits per heavy atom. The van der Waals surface area contributed by atoms with Crippen LogP contribution < -0.4 is 0 Å². The minimum Gasteiger partial charge on any atom is -0.453 e. The predicted molar refractivity (Wildman–Crippen MR) is 89.8 cm³/mol. The number of benzene rings is 1. The number of carbonyl (C=O) groups excluding carboxylic acids is 1. The number of methoxy groups -OCH3 is 1. The third-order valence-electron chi connectivity index (χ3n) is 4.26. The molecule has 1 amide bonds. The Bertz CT molecular complexity index is 865. The monoisotopic (exact) mass is 338 g/mol. The molecule has 4 rings (SSSR count). The maximum absolute atomic E-state index is 12.4. The highest BCUT2D eigenvalue weighted by Gasteiger charge is 2.34. The summed E-state index contributed by atoms with van der Waals surface area (Å²) in [7, 11) is 1.59. The molecule has 1 aliphatic rings. The van der Waals surface area contributed by atoms with E-state index in [9.17, 15) is 4.79 Å². The zero-order valence-corrected chi connectivity index (χ0v) is 13.8. The van der Waals surface area contributed by atoms with E-state index >= 15 is 0 Å². The summed E-state index contributed by atoms with van der Waals surface area (Å²) in [5, 5.41) is 8.42. The summed E-state index contributed by atoms with van der Waals surface area (Å²) < 4.78 is 12.3. The van der Waals surface area contributed by atoms with Crippen LogP contribution in [-0.2, 0) is 11.3 Å². The molecule has 1 aromatic carbocycles. The van der Waals surface area contributed by atoms with Gasteiger partial charge in [0.25, 0.3) is 5.91 Å². The van der Waals surface area contributed by atoms with Crippen LogP contribution in [0.5, 0.6) is 0 Å². The molecule has 0 atom stereocenters. The maximum Gasteiger partial charge on any atom is 0.289 e. The van der Waals surface area contributed by atoms with Crippen LogP contribution >= 0.6 is 0 Å². The SMILES string of the molecule is COCc1ccc(C(=O)N2CC(n3cc(-c4ccccc4)nn3)C2)o1. The van der Waals surface area contributed by atoms with E-state index < -0.39 is 0 Å². The van der Waals surface area contributed by atoms with Gasteiger partial charge in [0, 0.05) is 25.8 Å². The van der Waals surface area contributed by atoms with E-state index in [1.54, 1.807) is 24.1 Å². The summed E-state index contributed by atoms with van der Waals surface area (Å²) in [5.41, 5.74) is 1.86. The van der Waals surface area contributed by atoms with E-state index in [1.807, 2.05) is 41.2 Å². The van der Waals surface area contributed by atoms with Gasteiger partial charge in [0.15, 0.2) is 5.76 Å². The molecule has 1 saturated heterocycles. The summed E-state index contributed by atoms with van der Waals surface area (Å²) >= 11 is 0. The smallest absolute Gasteiger partial charge is 0.289 e. The summed E-state index contributed by atoms with van der Waals surface area (Å²) in [6, 6.07) is 13.5. The average Bonchev–Trinajstić information content (AvgIpc) is 3.24. The highest BCUT2D eigenvalue weighted by Crippen LogP contribution is 2.25. The Kier molecular flexibility index (Phi) is 4.07. The first-order valence-corrected chi connectivity index (χ1v) is 8.09. The molecule has 0 unspecified atom stereocenters. The summed E-state index contributed by atoms with van der Waals surface area (Å²) in [6.45, 7) is 1.55. The zero-order chi connectivity index (χ0) is 17.2. The number of amides is 1. The average molecular weight is 338 g/mol. The third-order valence-corrected chi connectivity index (χ3v) is 4.26. The van der Waals surface area contributed by atoms with Gasteiger partial charge in [-0.1, -0.05) is 35.5 Å². The largest absolute Gasteiger partial charge is 0.453 e. The summed E-state index contributed by atoms with van der Waals surface area (Å²) in [4.78, 5) is 14.1. The standard InChI is InChI=1S/C18H18N4O3/c1-24-12-15-7-8-17(25-15)18(23)21-9-14(10-21)22-11-16(19-20-22)13-5-3-2-4-6-13/h2-8,11,14H,9-10,12H2,1H3. The Morgan fingerprint density at radius 3 is 2.80 bits per heavy atom. The molecule has 0 radical (unpaired) electrons. The van der Waals surface area contributed by atoms with Crippen molar-refractivity contribution in [2.24, 2.45) is 0 Å². The fourth-order valence-electron chi connectivity index (χ4n) is 2.85. The van der Waals surface area contributed by atoms with Gasteiger partial charge in [-0.25, -0.2) is 4.68 Å². The lowest BCUT2D eigenvalue weighted by Gasteiger charge is -2.38. The third kappa shape index (κ3) is 3.06. The van der Waals surface area contributed by atoms with E-state index in [-0.39, 0.29) is 11.9 Å². The number of hydrogen-bond acceptors (Lipinski definition) is 5. The second-order valence-corrected chi connectivity index (χ2v) is 6.01. The molecule has 25 heavy (non-hydrogen) atoms. The number of rotatable bonds is 5. The van der Waals surface area contributed by atoms with Gasteiger partial charge in [-0.15, -0.1) is 5.10 Å². The lowest BCUT2D eigenvalue weighted by atomic mass is 10.1. The molecule has 0 spiro atoms. The highest BCUT2D eigenvalue weighted by atomic mass is 16.5. The van der Waals surface area contributed by atoms with Crippen LogP contribution in [-0.4, -0.2) is 46.0 Å². The maximum atomic E-state index is 12.4. The van der Waals surface area contributed by atoms with E-state index in [4.69, 9.17) is 9.15 Å². The second-order valence-electron chi connectivity index (χ2n) is 6.01. The van der Waals surface area contributed by atoms with E-state index in [0.717, 1.165) is 11.3 Å². The number of furan rings is 1. The molecule has 7 heteroatoms. The number of aromatic nitrogens is 3. The van der Waals surface area contributed by atoms with Crippen molar-refractivity contribution < 1.29 is 13.9 Å². The van der Waals surface area contributed by atoms with Crippen molar-refractivity contribution in [2.45, 2.75) is 12.6 Å². The molecule has 3 heterocycles. The molecule has 3 aromatic rings. The summed E-state index contributed by atoms with van der Waals surface area (Å²) in [5.74, 6) is 0.878. The van der Waals surface area contributed by atoms with Gasteiger partial charge in [0.1, 0.15) is 18.1 Å². The second kappa shape index (κ2) is 6.52. The molecule has 7 nitrogen and oxygen atoms in total. The van der Waals surface area contributed by atoms with Crippen LogP contribution in [0.15, 0.2) is 53.1 Å². The summed E-state index contributed by atoms with van der Waals surface area (Å²) in [6.07, 6.45) is 1.92. The Balaban J connectivity index is 1.38. The van der Waals surface area contributed by atoms with E-state index in [2.05, 4.69) is 10.3 Å². The Labute approximate surface area is 144 Å². The molecular weight excluding hydrogens is 320 g/mol. The molecule has 1 aliphatic heterocycles. The molecule has 2 aromatic heterocycles. The van der Waals surface area contributed by atoms with Crippen LogP contribution in [0.25, 0.3) is 11.3 Å². The van der Waals surface area contributed by atoms with Gasteiger partial charge in [-0.05, 0) is 12.1 Å². The molecule has 0 saturated carbocycles.